The number of primary amides is 2. The van der Waals surface area contributed by atoms with Crippen LogP contribution in [0.2, 0.25) is 0 Å². The number of carboxylic acids is 1. The van der Waals surface area contributed by atoms with Crippen molar-refractivity contribution in [2.24, 2.45) is 17.2 Å². The van der Waals surface area contributed by atoms with E-state index in [1.807, 2.05) is 0 Å². The molecule has 0 saturated carbocycles. The van der Waals surface area contributed by atoms with Gasteiger partial charge in [-0.1, -0.05) is 0 Å². The first kappa shape index (κ1) is 25.0. The van der Waals surface area contributed by atoms with Gasteiger partial charge in [0.1, 0.15) is 18.1 Å². The Morgan fingerprint density at radius 2 is 1.53 bits per heavy atom. The van der Waals surface area contributed by atoms with Gasteiger partial charge in [0.15, 0.2) is 0 Å². The van der Waals surface area contributed by atoms with Gasteiger partial charge in [-0.15, -0.1) is 0 Å². The first-order valence-corrected chi connectivity index (χ1v) is 10.5. The average Bonchev–Trinajstić information content (AvgIpc) is 3.38. The molecule has 2 fully saturated rings. The molecule has 2 rings (SSSR count). The Morgan fingerprint density at radius 1 is 0.938 bits per heavy atom. The van der Waals surface area contributed by atoms with E-state index >= 15 is 0 Å². The van der Waals surface area contributed by atoms with Crippen LogP contribution in [0.25, 0.3) is 0 Å². The molecule has 178 valence electrons. The van der Waals surface area contributed by atoms with Crippen LogP contribution in [-0.4, -0.2) is 87.7 Å². The second-order valence-electron chi connectivity index (χ2n) is 8.06. The lowest BCUT2D eigenvalue weighted by Gasteiger charge is -2.32. The van der Waals surface area contributed by atoms with Gasteiger partial charge in [-0.05, 0) is 32.1 Å². The molecule has 0 bridgehead atoms. The molecule has 2 saturated heterocycles. The first-order valence-electron chi connectivity index (χ1n) is 10.5. The van der Waals surface area contributed by atoms with Crippen molar-refractivity contribution < 1.29 is 33.9 Å². The average molecular weight is 454 g/mol. The lowest BCUT2D eigenvalue weighted by atomic mass is 10.1. The molecule has 5 amide bonds. The minimum absolute atomic E-state index is 0.123. The summed E-state index contributed by atoms with van der Waals surface area (Å²) in [5.74, 6) is -4.44. The maximum absolute atomic E-state index is 13.2. The molecule has 2 aliphatic heterocycles. The number of nitrogens with one attached hydrogen (secondary N) is 1. The van der Waals surface area contributed by atoms with E-state index in [1.165, 1.54) is 9.80 Å². The van der Waals surface area contributed by atoms with Crippen molar-refractivity contribution >= 4 is 35.5 Å². The zero-order valence-corrected chi connectivity index (χ0v) is 17.7. The summed E-state index contributed by atoms with van der Waals surface area (Å²) in [4.78, 5) is 74.9. The zero-order chi connectivity index (χ0) is 24.0. The highest BCUT2D eigenvalue weighted by molar-refractivity contribution is 5.95. The molecule has 0 radical (unpaired) electrons. The number of nitrogens with zero attached hydrogens (tertiary/aromatic N) is 2. The molecule has 13 heteroatoms. The summed E-state index contributed by atoms with van der Waals surface area (Å²) in [6.07, 6.45) is 1.01. The fourth-order valence-electron chi connectivity index (χ4n) is 4.10. The van der Waals surface area contributed by atoms with Gasteiger partial charge in [0.25, 0.3) is 0 Å². The van der Waals surface area contributed by atoms with E-state index in [0.717, 1.165) is 0 Å². The Morgan fingerprint density at radius 3 is 2.09 bits per heavy atom. The standard InChI is InChI=1S/C19H30N6O7/c20-10(9-15(22)27)16(28)23-11(5-6-14(21)26)17(29)24-7-1-3-12(24)18(30)25-8-2-4-13(25)19(31)32/h10-13H,1-9,20H2,(H2,21,26)(H2,22,27)(H,23,28)(H,31,32). The molecule has 2 heterocycles. The molecule has 13 nitrogen and oxygen atoms in total. The zero-order valence-electron chi connectivity index (χ0n) is 17.7. The number of carbonyl (C=O) groups excluding carboxylic acids is 5. The highest BCUT2D eigenvalue weighted by Gasteiger charge is 2.43. The van der Waals surface area contributed by atoms with Gasteiger partial charge in [-0.25, -0.2) is 4.79 Å². The van der Waals surface area contributed by atoms with Crippen LogP contribution in [0, 0.1) is 0 Å². The van der Waals surface area contributed by atoms with Crippen molar-refractivity contribution in [2.45, 2.75) is 69.1 Å². The van der Waals surface area contributed by atoms with Crippen molar-refractivity contribution in [1.29, 1.82) is 0 Å². The van der Waals surface area contributed by atoms with Crippen LogP contribution in [0.3, 0.4) is 0 Å². The largest absolute Gasteiger partial charge is 0.480 e. The molecule has 0 spiro atoms. The number of carboxylic acid groups (broad SMARTS) is 1. The van der Waals surface area contributed by atoms with Crippen LogP contribution in [0.5, 0.6) is 0 Å². The molecule has 0 aromatic carbocycles. The monoisotopic (exact) mass is 454 g/mol. The predicted molar refractivity (Wildman–Crippen MR) is 109 cm³/mol. The minimum atomic E-state index is -1.28. The van der Waals surface area contributed by atoms with Gasteiger partial charge in [-0.2, -0.15) is 0 Å². The smallest absolute Gasteiger partial charge is 0.326 e. The summed E-state index contributed by atoms with van der Waals surface area (Å²) in [6, 6.07) is -4.28. The molecule has 0 aromatic heterocycles. The van der Waals surface area contributed by atoms with E-state index in [1.54, 1.807) is 0 Å². The number of likely N-dealkylation sites (tertiary alicyclic amines) is 2. The lowest BCUT2D eigenvalue weighted by Crippen LogP contribution is -2.57. The molecule has 8 N–H and O–H groups in total. The normalized spacial score (nSPS) is 22.3. The molecule has 0 aliphatic carbocycles. The number of carbonyl (C=O) groups is 6. The van der Waals surface area contributed by atoms with Crippen molar-refractivity contribution in [3.8, 4) is 0 Å². The second kappa shape index (κ2) is 10.9. The van der Waals surface area contributed by atoms with Gasteiger partial charge < -0.3 is 37.4 Å². The van der Waals surface area contributed by atoms with E-state index in [-0.39, 0.29) is 25.9 Å². The summed E-state index contributed by atoms with van der Waals surface area (Å²) < 4.78 is 0. The summed E-state index contributed by atoms with van der Waals surface area (Å²) in [7, 11) is 0. The maximum Gasteiger partial charge on any atom is 0.326 e. The Kier molecular flexibility index (Phi) is 8.52. The number of rotatable bonds is 10. The topological polar surface area (TPSA) is 219 Å². The Balaban J connectivity index is 2.16. The molecule has 32 heavy (non-hydrogen) atoms. The quantitative estimate of drug-likeness (QED) is 0.228. The van der Waals surface area contributed by atoms with Crippen LogP contribution >= 0.6 is 0 Å². The van der Waals surface area contributed by atoms with E-state index in [4.69, 9.17) is 17.2 Å². The SMILES string of the molecule is NC(=O)CCC(NC(=O)C(N)CC(N)=O)C(=O)N1CCCC1C(=O)N1CCCC1C(=O)O. The predicted octanol–water partition coefficient (Wildman–Crippen LogP) is -2.99. The van der Waals surface area contributed by atoms with Crippen LogP contribution in [-0.2, 0) is 28.8 Å². The summed E-state index contributed by atoms with van der Waals surface area (Å²) in [6.45, 7) is 0.523. The van der Waals surface area contributed by atoms with E-state index in [0.29, 0.717) is 25.7 Å². The Bertz CT molecular complexity index is 788. The molecular formula is C19H30N6O7. The Hall–Kier alpha value is -3.22. The van der Waals surface area contributed by atoms with Gasteiger partial charge >= 0.3 is 5.97 Å². The summed E-state index contributed by atoms with van der Waals surface area (Å²) >= 11 is 0. The van der Waals surface area contributed by atoms with Gasteiger partial charge in [0, 0.05) is 19.5 Å². The number of hydrogen-bond donors (Lipinski definition) is 5. The third kappa shape index (κ3) is 6.15. The van der Waals surface area contributed by atoms with Gasteiger partial charge in [0.2, 0.25) is 29.5 Å². The van der Waals surface area contributed by atoms with Crippen LogP contribution in [0.4, 0.5) is 0 Å². The minimum Gasteiger partial charge on any atom is -0.480 e. The molecule has 0 aromatic rings. The van der Waals surface area contributed by atoms with Crippen molar-refractivity contribution in [1.82, 2.24) is 15.1 Å². The van der Waals surface area contributed by atoms with Gasteiger partial charge in [-0.3, -0.25) is 24.0 Å². The van der Waals surface area contributed by atoms with Crippen molar-refractivity contribution in [3.63, 3.8) is 0 Å². The van der Waals surface area contributed by atoms with E-state index in [9.17, 15) is 33.9 Å². The molecule has 4 atom stereocenters. The van der Waals surface area contributed by atoms with Gasteiger partial charge in [0.05, 0.1) is 12.5 Å². The fraction of sp³-hybridized carbons (Fsp3) is 0.684. The number of hydrogen-bond acceptors (Lipinski definition) is 7. The number of nitrogens with two attached hydrogens (primary N) is 3. The maximum atomic E-state index is 13.2. The highest BCUT2D eigenvalue weighted by Crippen LogP contribution is 2.26. The third-order valence-corrected chi connectivity index (χ3v) is 5.69. The number of aliphatic carboxylic acids is 1. The van der Waals surface area contributed by atoms with Crippen molar-refractivity contribution in [2.75, 3.05) is 13.1 Å². The third-order valence-electron chi connectivity index (χ3n) is 5.69. The molecular weight excluding hydrogens is 424 g/mol. The molecule has 2 aliphatic rings. The summed E-state index contributed by atoms with van der Waals surface area (Å²) in [5, 5.41) is 11.8. The van der Waals surface area contributed by atoms with Crippen LogP contribution in [0.1, 0.15) is 44.9 Å². The lowest BCUT2D eigenvalue weighted by molar-refractivity contribution is -0.152. The second-order valence-corrected chi connectivity index (χ2v) is 8.06. The van der Waals surface area contributed by atoms with Crippen molar-refractivity contribution in [3.05, 3.63) is 0 Å². The van der Waals surface area contributed by atoms with Crippen LogP contribution < -0.4 is 22.5 Å². The number of amides is 5. The highest BCUT2D eigenvalue weighted by atomic mass is 16.4. The van der Waals surface area contributed by atoms with E-state index < -0.39 is 66.1 Å². The molecule has 4 unspecified atom stereocenters. The fourth-order valence-corrected chi connectivity index (χ4v) is 4.10. The van der Waals surface area contributed by atoms with E-state index in [2.05, 4.69) is 5.32 Å². The summed E-state index contributed by atoms with van der Waals surface area (Å²) in [5.41, 5.74) is 15.9. The first-order chi connectivity index (χ1) is 15.0. The van der Waals surface area contributed by atoms with Crippen LogP contribution in [0.15, 0.2) is 0 Å². The Labute approximate surface area is 184 Å².